The van der Waals surface area contributed by atoms with E-state index < -0.39 is 0 Å². The van der Waals surface area contributed by atoms with E-state index in [1.807, 2.05) is 60.7 Å². The van der Waals surface area contributed by atoms with Gasteiger partial charge in [0.25, 0.3) is 0 Å². The second-order valence-electron chi connectivity index (χ2n) is 4.94. The zero-order valence-electron chi connectivity index (χ0n) is 11.8. The van der Waals surface area contributed by atoms with Crippen LogP contribution in [0.5, 0.6) is 0 Å². The molecular formula is C17H10BrClN4. The Bertz CT molecular complexity index is 984. The van der Waals surface area contributed by atoms with E-state index in [0.29, 0.717) is 26.9 Å². The fourth-order valence-electron chi connectivity index (χ4n) is 2.37. The molecule has 4 rings (SSSR count). The van der Waals surface area contributed by atoms with E-state index in [1.165, 1.54) is 0 Å². The molecule has 0 N–H and O–H groups in total. The Balaban J connectivity index is 2.01. The first-order chi connectivity index (χ1) is 11.2. The van der Waals surface area contributed by atoms with Gasteiger partial charge in [0.1, 0.15) is 5.15 Å². The number of aromatic nitrogens is 4. The van der Waals surface area contributed by atoms with Crippen molar-refractivity contribution in [3.05, 3.63) is 70.3 Å². The van der Waals surface area contributed by atoms with Crippen LogP contribution in [0, 0.1) is 0 Å². The highest BCUT2D eigenvalue weighted by Crippen LogP contribution is 2.30. The molecule has 0 fully saturated rings. The summed E-state index contributed by atoms with van der Waals surface area (Å²) in [4.78, 5) is 9.07. The van der Waals surface area contributed by atoms with E-state index in [2.05, 4.69) is 31.0 Å². The summed E-state index contributed by atoms with van der Waals surface area (Å²) < 4.78 is 2.35. The van der Waals surface area contributed by atoms with Crippen molar-refractivity contribution in [2.45, 2.75) is 0 Å². The van der Waals surface area contributed by atoms with Crippen LogP contribution in [0.15, 0.2) is 65.1 Å². The van der Waals surface area contributed by atoms with Crippen LogP contribution in [0.4, 0.5) is 0 Å². The second kappa shape index (κ2) is 5.76. The maximum Gasteiger partial charge on any atom is 0.182 e. The highest BCUT2D eigenvalue weighted by molar-refractivity contribution is 9.10. The highest BCUT2D eigenvalue weighted by atomic mass is 79.9. The topological polar surface area (TPSA) is 43.1 Å². The molecule has 2 aromatic heterocycles. The molecular weight excluding hydrogens is 376 g/mol. The Hall–Kier alpha value is -2.24. The molecule has 0 unspecified atom stereocenters. The van der Waals surface area contributed by atoms with Crippen molar-refractivity contribution in [2.24, 2.45) is 0 Å². The Kier molecular flexibility index (Phi) is 3.59. The predicted octanol–water partition coefficient (Wildman–Crippen LogP) is 4.87. The molecule has 0 bridgehead atoms. The van der Waals surface area contributed by atoms with Crippen LogP contribution in [0.2, 0.25) is 5.15 Å². The van der Waals surface area contributed by atoms with Crippen molar-refractivity contribution < 1.29 is 0 Å². The summed E-state index contributed by atoms with van der Waals surface area (Å²) >= 11 is 9.71. The Labute approximate surface area is 145 Å². The van der Waals surface area contributed by atoms with Crippen LogP contribution >= 0.6 is 27.5 Å². The minimum atomic E-state index is 0.364. The van der Waals surface area contributed by atoms with E-state index >= 15 is 0 Å². The molecule has 0 amide bonds. The van der Waals surface area contributed by atoms with E-state index in [-0.39, 0.29) is 0 Å². The summed E-state index contributed by atoms with van der Waals surface area (Å²) in [5.41, 5.74) is 2.51. The normalized spacial score (nSPS) is 11.0. The smallest absolute Gasteiger partial charge is 0.182 e. The lowest BCUT2D eigenvalue weighted by atomic mass is 10.2. The molecule has 23 heavy (non-hydrogen) atoms. The first-order valence-electron chi connectivity index (χ1n) is 6.96. The van der Waals surface area contributed by atoms with Crippen molar-refractivity contribution in [2.75, 3.05) is 0 Å². The van der Waals surface area contributed by atoms with Crippen LogP contribution in [0.3, 0.4) is 0 Å². The highest BCUT2D eigenvalue weighted by Gasteiger charge is 2.17. The molecule has 0 spiro atoms. The van der Waals surface area contributed by atoms with E-state index in [4.69, 9.17) is 11.6 Å². The van der Waals surface area contributed by atoms with Crippen LogP contribution in [-0.4, -0.2) is 19.6 Å². The van der Waals surface area contributed by atoms with E-state index in [1.54, 1.807) is 4.52 Å². The molecule has 0 saturated carbocycles. The van der Waals surface area contributed by atoms with Crippen molar-refractivity contribution in [1.29, 1.82) is 0 Å². The SMILES string of the molecule is Clc1nc(-c2ccccc2)n2nc(-c3ccccc3)nc2c1Br. The van der Waals surface area contributed by atoms with Crippen molar-refractivity contribution >= 4 is 33.2 Å². The minimum absolute atomic E-state index is 0.364. The number of rotatable bonds is 2. The maximum atomic E-state index is 6.26. The second-order valence-corrected chi connectivity index (χ2v) is 6.09. The minimum Gasteiger partial charge on any atom is -0.215 e. The van der Waals surface area contributed by atoms with E-state index in [9.17, 15) is 0 Å². The molecule has 4 aromatic rings. The quantitative estimate of drug-likeness (QED) is 0.462. The average Bonchev–Trinajstić information content (AvgIpc) is 3.05. The summed E-state index contributed by atoms with van der Waals surface area (Å²) in [6, 6.07) is 19.6. The number of nitrogens with zero attached hydrogens (tertiary/aromatic N) is 4. The summed E-state index contributed by atoms with van der Waals surface area (Å²) in [6.45, 7) is 0. The van der Waals surface area contributed by atoms with Gasteiger partial charge < -0.3 is 0 Å². The van der Waals surface area contributed by atoms with Gasteiger partial charge in [0.15, 0.2) is 17.3 Å². The third-order valence-corrected chi connectivity index (χ3v) is 4.69. The molecule has 0 atom stereocenters. The molecule has 0 radical (unpaired) electrons. The van der Waals surface area contributed by atoms with Gasteiger partial charge in [-0.15, -0.1) is 5.10 Å². The summed E-state index contributed by atoms with van der Waals surface area (Å²) in [7, 11) is 0. The lowest BCUT2D eigenvalue weighted by Gasteiger charge is -2.05. The number of fused-ring (bicyclic) bond motifs is 1. The molecule has 2 heterocycles. The molecule has 0 aliphatic heterocycles. The summed E-state index contributed by atoms with van der Waals surface area (Å²) in [5, 5.41) is 4.98. The Morgan fingerprint density at radius 3 is 2.09 bits per heavy atom. The molecule has 0 saturated heterocycles. The standard InChI is InChI=1S/C17H10BrClN4/c18-13-14(19)20-16(12-9-5-2-6-10-12)23-17(13)21-15(22-23)11-7-3-1-4-8-11/h1-10H. The number of hydrogen-bond acceptors (Lipinski definition) is 3. The Morgan fingerprint density at radius 2 is 1.43 bits per heavy atom. The van der Waals surface area contributed by atoms with Crippen LogP contribution in [-0.2, 0) is 0 Å². The van der Waals surface area contributed by atoms with Gasteiger partial charge >= 0.3 is 0 Å². The predicted molar refractivity (Wildman–Crippen MR) is 94.4 cm³/mol. The van der Waals surface area contributed by atoms with Crippen molar-refractivity contribution in [1.82, 2.24) is 19.6 Å². The third kappa shape index (κ3) is 2.52. The van der Waals surface area contributed by atoms with E-state index in [0.717, 1.165) is 11.1 Å². The largest absolute Gasteiger partial charge is 0.215 e. The first-order valence-corrected chi connectivity index (χ1v) is 8.14. The number of halogens is 2. The monoisotopic (exact) mass is 384 g/mol. The van der Waals surface area contributed by atoms with Gasteiger partial charge in [-0.1, -0.05) is 72.3 Å². The zero-order valence-corrected chi connectivity index (χ0v) is 14.2. The zero-order chi connectivity index (χ0) is 15.8. The van der Waals surface area contributed by atoms with Gasteiger partial charge in [-0.25, -0.2) is 9.97 Å². The van der Waals surface area contributed by atoms with Crippen LogP contribution in [0.25, 0.3) is 28.4 Å². The van der Waals surface area contributed by atoms with Crippen molar-refractivity contribution in [3.63, 3.8) is 0 Å². The van der Waals surface area contributed by atoms with Gasteiger partial charge in [0, 0.05) is 11.1 Å². The Morgan fingerprint density at radius 1 is 0.826 bits per heavy atom. The molecule has 2 aromatic carbocycles. The fourth-order valence-corrected chi connectivity index (χ4v) is 2.88. The number of hydrogen-bond donors (Lipinski definition) is 0. The van der Waals surface area contributed by atoms with Crippen LogP contribution in [0.1, 0.15) is 0 Å². The van der Waals surface area contributed by atoms with Crippen LogP contribution < -0.4 is 0 Å². The third-order valence-electron chi connectivity index (χ3n) is 3.45. The average molecular weight is 386 g/mol. The molecule has 4 nitrogen and oxygen atoms in total. The van der Waals surface area contributed by atoms with Gasteiger partial charge in [0.05, 0.1) is 4.47 Å². The lowest BCUT2D eigenvalue weighted by molar-refractivity contribution is 0.933. The molecule has 112 valence electrons. The fraction of sp³-hybridized carbons (Fsp3) is 0. The van der Waals surface area contributed by atoms with Gasteiger partial charge in [-0.3, -0.25) is 0 Å². The van der Waals surface area contributed by atoms with Gasteiger partial charge in [-0.05, 0) is 15.9 Å². The molecule has 6 heteroatoms. The van der Waals surface area contributed by atoms with Gasteiger partial charge in [-0.2, -0.15) is 4.52 Å². The first kappa shape index (κ1) is 14.4. The number of benzene rings is 2. The molecule has 0 aliphatic rings. The molecule has 0 aliphatic carbocycles. The summed E-state index contributed by atoms with van der Waals surface area (Å²) in [5.74, 6) is 1.29. The van der Waals surface area contributed by atoms with Gasteiger partial charge in [0.2, 0.25) is 0 Å². The lowest BCUT2D eigenvalue weighted by Crippen LogP contribution is -1.99. The maximum absolute atomic E-state index is 6.26. The summed E-state index contributed by atoms with van der Waals surface area (Å²) in [6.07, 6.45) is 0. The van der Waals surface area contributed by atoms with Crippen molar-refractivity contribution in [3.8, 4) is 22.8 Å².